The molecule has 3 heteroatoms. The molecule has 1 N–H and O–H groups in total. The molecular weight excluding hydrogens is 258 g/mol. The lowest BCUT2D eigenvalue weighted by Gasteiger charge is -2.35. The molecule has 0 heterocycles. The molecule has 0 saturated heterocycles. The van der Waals surface area contributed by atoms with Crippen LogP contribution in [0.25, 0.3) is 0 Å². The highest BCUT2D eigenvalue weighted by atomic mass is 15.2. The Kier molecular flexibility index (Phi) is 9.90. The zero-order valence-electron chi connectivity index (χ0n) is 15.4. The van der Waals surface area contributed by atoms with Crippen LogP contribution in [0.15, 0.2) is 0 Å². The summed E-state index contributed by atoms with van der Waals surface area (Å²) in [6, 6.07) is 2.89. The summed E-state index contributed by atoms with van der Waals surface area (Å²) >= 11 is 0. The number of hydrogen-bond acceptors (Lipinski definition) is 3. The molecule has 0 fully saturated rings. The van der Waals surface area contributed by atoms with Crippen molar-refractivity contribution in [1.82, 2.24) is 10.2 Å². The number of nitriles is 1. The van der Waals surface area contributed by atoms with Crippen LogP contribution < -0.4 is 5.32 Å². The van der Waals surface area contributed by atoms with Gasteiger partial charge in [0.15, 0.2) is 0 Å². The molecule has 124 valence electrons. The van der Waals surface area contributed by atoms with E-state index in [4.69, 9.17) is 0 Å². The van der Waals surface area contributed by atoms with Gasteiger partial charge in [0.1, 0.15) is 5.54 Å². The second-order valence-electron chi connectivity index (χ2n) is 7.43. The lowest BCUT2D eigenvalue weighted by molar-refractivity contribution is 0.160. The standard InChI is InChI=1S/C18H37N3/c1-8-20-18(7,14-19)13-17(6)21(11-9-15(2)3)12-10-16(4)5/h15-17,20H,8-13H2,1-7H3. The second-order valence-corrected chi connectivity index (χ2v) is 7.43. The predicted molar refractivity (Wildman–Crippen MR) is 92.3 cm³/mol. The van der Waals surface area contributed by atoms with Gasteiger partial charge in [0.25, 0.3) is 0 Å². The fourth-order valence-electron chi connectivity index (χ4n) is 2.67. The Hall–Kier alpha value is -0.590. The molecule has 0 rings (SSSR count). The van der Waals surface area contributed by atoms with Crippen LogP contribution in [0.1, 0.15) is 67.7 Å². The van der Waals surface area contributed by atoms with Crippen molar-refractivity contribution in [2.24, 2.45) is 11.8 Å². The summed E-state index contributed by atoms with van der Waals surface area (Å²) in [7, 11) is 0. The first-order valence-corrected chi connectivity index (χ1v) is 8.64. The molecule has 0 spiro atoms. The van der Waals surface area contributed by atoms with Crippen LogP contribution in [0.3, 0.4) is 0 Å². The third-order valence-corrected chi connectivity index (χ3v) is 4.13. The lowest BCUT2D eigenvalue weighted by Crippen LogP contribution is -2.47. The Morgan fingerprint density at radius 2 is 1.52 bits per heavy atom. The summed E-state index contributed by atoms with van der Waals surface area (Å²) in [5.41, 5.74) is -0.415. The Morgan fingerprint density at radius 3 is 1.86 bits per heavy atom. The highest BCUT2D eigenvalue weighted by molar-refractivity contribution is 5.05. The maximum Gasteiger partial charge on any atom is 0.105 e. The first kappa shape index (κ1) is 20.4. The van der Waals surface area contributed by atoms with Crippen LogP contribution in [0.2, 0.25) is 0 Å². The van der Waals surface area contributed by atoms with Gasteiger partial charge in [-0.1, -0.05) is 34.6 Å². The minimum Gasteiger partial charge on any atom is -0.301 e. The number of nitrogens with zero attached hydrogens (tertiary/aromatic N) is 2. The van der Waals surface area contributed by atoms with Crippen molar-refractivity contribution in [3.05, 3.63) is 0 Å². The van der Waals surface area contributed by atoms with Gasteiger partial charge in [-0.3, -0.25) is 5.32 Å². The molecular formula is C18H37N3. The summed E-state index contributed by atoms with van der Waals surface area (Å²) in [6.45, 7) is 18.6. The summed E-state index contributed by atoms with van der Waals surface area (Å²) in [5, 5.41) is 12.8. The average molecular weight is 296 g/mol. The van der Waals surface area contributed by atoms with Crippen molar-refractivity contribution >= 4 is 0 Å². The first-order chi connectivity index (χ1) is 9.74. The molecule has 3 nitrogen and oxygen atoms in total. The highest BCUT2D eigenvalue weighted by Gasteiger charge is 2.27. The van der Waals surface area contributed by atoms with Crippen molar-refractivity contribution in [3.8, 4) is 6.07 Å². The third-order valence-electron chi connectivity index (χ3n) is 4.13. The fraction of sp³-hybridized carbons (Fsp3) is 0.944. The zero-order valence-corrected chi connectivity index (χ0v) is 15.4. The Labute approximate surface area is 133 Å². The Bertz CT molecular complexity index is 294. The summed E-state index contributed by atoms with van der Waals surface area (Å²) in [6.07, 6.45) is 3.34. The number of nitrogens with one attached hydrogen (secondary N) is 1. The molecule has 21 heavy (non-hydrogen) atoms. The monoisotopic (exact) mass is 295 g/mol. The number of hydrogen-bond donors (Lipinski definition) is 1. The maximum atomic E-state index is 9.45. The van der Waals surface area contributed by atoms with Gasteiger partial charge < -0.3 is 4.90 Å². The van der Waals surface area contributed by atoms with Gasteiger partial charge in [-0.25, -0.2) is 0 Å². The largest absolute Gasteiger partial charge is 0.301 e. The fourth-order valence-corrected chi connectivity index (χ4v) is 2.67. The van der Waals surface area contributed by atoms with Gasteiger partial charge in [-0.15, -0.1) is 0 Å². The first-order valence-electron chi connectivity index (χ1n) is 8.64. The van der Waals surface area contributed by atoms with Crippen LogP contribution in [0.5, 0.6) is 0 Å². The molecule has 0 aliphatic carbocycles. The van der Waals surface area contributed by atoms with E-state index in [1.54, 1.807) is 0 Å². The van der Waals surface area contributed by atoms with E-state index in [0.29, 0.717) is 6.04 Å². The minimum absolute atomic E-state index is 0.415. The van der Waals surface area contributed by atoms with E-state index in [9.17, 15) is 5.26 Å². The smallest absolute Gasteiger partial charge is 0.105 e. The Morgan fingerprint density at radius 1 is 1.05 bits per heavy atom. The van der Waals surface area contributed by atoms with Crippen LogP contribution in [0.4, 0.5) is 0 Å². The normalized spacial score (nSPS) is 16.2. The lowest BCUT2D eigenvalue weighted by atomic mass is 9.93. The molecule has 2 atom stereocenters. The van der Waals surface area contributed by atoms with E-state index >= 15 is 0 Å². The predicted octanol–water partition coefficient (Wildman–Crippen LogP) is 4.05. The van der Waals surface area contributed by atoms with Gasteiger partial charge in [0.2, 0.25) is 0 Å². The minimum atomic E-state index is -0.415. The van der Waals surface area contributed by atoms with E-state index in [1.807, 2.05) is 6.92 Å². The van der Waals surface area contributed by atoms with Crippen molar-refractivity contribution in [1.29, 1.82) is 5.26 Å². The second kappa shape index (κ2) is 10.2. The van der Waals surface area contributed by atoms with E-state index < -0.39 is 5.54 Å². The van der Waals surface area contributed by atoms with Gasteiger partial charge in [-0.05, 0) is 64.6 Å². The molecule has 0 radical (unpaired) electrons. The summed E-state index contributed by atoms with van der Waals surface area (Å²) in [5.74, 6) is 1.46. The molecule has 0 bridgehead atoms. The molecule has 0 aliphatic rings. The van der Waals surface area contributed by atoms with Crippen molar-refractivity contribution in [2.45, 2.75) is 79.3 Å². The van der Waals surface area contributed by atoms with E-state index in [0.717, 1.165) is 37.9 Å². The van der Waals surface area contributed by atoms with Crippen LogP contribution in [-0.4, -0.2) is 36.1 Å². The molecule has 0 aromatic heterocycles. The average Bonchev–Trinajstić information content (AvgIpc) is 2.38. The van der Waals surface area contributed by atoms with Crippen molar-refractivity contribution in [3.63, 3.8) is 0 Å². The SMILES string of the molecule is CCNC(C)(C#N)CC(C)N(CCC(C)C)CCC(C)C. The van der Waals surface area contributed by atoms with Gasteiger partial charge in [0.05, 0.1) is 6.07 Å². The summed E-state index contributed by atoms with van der Waals surface area (Å²) in [4.78, 5) is 2.58. The van der Waals surface area contributed by atoms with Crippen molar-refractivity contribution < 1.29 is 0 Å². The van der Waals surface area contributed by atoms with Gasteiger partial charge in [-0.2, -0.15) is 5.26 Å². The van der Waals surface area contributed by atoms with Gasteiger partial charge in [0, 0.05) is 6.04 Å². The molecule has 2 unspecified atom stereocenters. The number of rotatable bonds is 11. The molecule has 0 amide bonds. The third kappa shape index (κ3) is 9.11. The van der Waals surface area contributed by atoms with E-state index in [2.05, 4.69) is 57.8 Å². The molecule has 0 aromatic rings. The molecule has 0 aliphatic heterocycles. The van der Waals surface area contributed by atoms with Crippen LogP contribution in [0, 0.1) is 23.2 Å². The van der Waals surface area contributed by atoms with E-state index in [-0.39, 0.29) is 0 Å². The Balaban J connectivity index is 4.67. The summed E-state index contributed by atoms with van der Waals surface area (Å²) < 4.78 is 0. The topological polar surface area (TPSA) is 39.1 Å². The maximum absolute atomic E-state index is 9.45. The van der Waals surface area contributed by atoms with E-state index in [1.165, 1.54) is 12.8 Å². The van der Waals surface area contributed by atoms with Crippen LogP contribution in [-0.2, 0) is 0 Å². The highest BCUT2D eigenvalue weighted by Crippen LogP contribution is 2.18. The zero-order chi connectivity index (χ0) is 16.5. The molecule has 0 aromatic carbocycles. The van der Waals surface area contributed by atoms with Crippen molar-refractivity contribution in [2.75, 3.05) is 19.6 Å². The quantitative estimate of drug-likeness (QED) is 0.625. The van der Waals surface area contributed by atoms with Crippen LogP contribution >= 0.6 is 0 Å². The molecule has 0 saturated carbocycles. The van der Waals surface area contributed by atoms with Gasteiger partial charge >= 0.3 is 0 Å².